The molecule has 1 aromatic rings. The summed E-state index contributed by atoms with van der Waals surface area (Å²) in [6.07, 6.45) is 24.6. The van der Waals surface area contributed by atoms with E-state index in [0.29, 0.717) is 17.2 Å². The fraction of sp³-hybridized carbons (Fsp3) is 0.724. The van der Waals surface area contributed by atoms with Crippen molar-refractivity contribution in [1.29, 1.82) is 5.26 Å². The number of nitriles is 1. The van der Waals surface area contributed by atoms with Gasteiger partial charge in [0.05, 0.1) is 24.3 Å². The molecule has 0 saturated carbocycles. The summed E-state index contributed by atoms with van der Waals surface area (Å²) in [6.45, 7) is 6.86. The van der Waals surface area contributed by atoms with E-state index in [1.54, 1.807) is 6.07 Å². The molecular weight excluding hydrogens is 414 g/mol. The smallest absolute Gasteiger partial charge is 0.0992 e. The molecule has 32 heavy (non-hydrogen) atoms. The van der Waals surface area contributed by atoms with Crippen molar-refractivity contribution < 1.29 is 4.74 Å². The van der Waals surface area contributed by atoms with Crippen molar-refractivity contribution in [1.82, 2.24) is 0 Å². The average molecular weight is 461 g/mol. The largest absolute Gasteiger partial charge is 0.374 e. The molecule has 1 rings (SSSR count). The summed E-state index contributed by atoms with van der Waals surface area (Å²) in [6, 6.07) is 7.48. The summed E-state index contributed by atoms with van der Waals surface area (Å²) in [4.78, 5) is 0. The van der Waals surface area contributed by atoms with Crippen LogP contribution < -0.4 is 0 Å². The first-order chi connectivity index (χ1) is 15.7. The highest BCUT2D eigenvalue weighted by Gasteiger charge is 2.05. The summed E-state index contributed by atoms with van der Waals surface area (Å²) < 4.78 is 5.83. The van der Waals surface area contributed by atoms with Crippen LogP contribution in [0.5, 0.6) is 0 Å². The Balaban J connectivity index is 1.85. The molecule has 0 unspecified atom stereocenters. The molecule has 0 aliphatic carbocycles. The summed E-state index contributed by atoms with van der Waals surface area (Å²) in [5.41, 5.74) is 1.51. The SMILES string of the molecule is [CH2][C@H](CCCCCCCCCCCCCCCCCCC)OCc1cc(Cl)cc(C#N)c1. The number of benzene rings is 1. The number of ether oxygens (including phenoxy) is 1. The molecule has 0 N–H and O–H groups in total. The lowest BCUT2D eigenvalue weighted by Crippen LogP contribution is -2.08. The molecule has 3 heteroatoms. The molecule has 0 aliphatic heterocycles. The van der Waals surface area contributed by atoms with Crippen molar-refractivity contribution in [3.63, 3.8) is 0 Å². The minimum absolute atomic E-state index is 0.00384. The Hall–Kier alpha value is -1.04. The number of nitrogens with zero attached hydrogens (tertiary/aromatic N) is 1. The minimum Gasteiger partial charge on any atom is -0.374 e. The van der Waals surface area contributed by atoms with Crippen molar-refractivity contribution in [3.05, 3.63) is 41.3 Å². The standard InChI is InChI=1S/C29H47ClNO/c1-3-4-5-6-7-8-9-10-11-12-13-14-15-16-17-18-19-20-26(2)32-25-28-21-27(24-31)22-29(30)23-28/h21-23,26H,2-20,25H2,1H3/t26-/m1/s1. The third kappa shape index (κ3) is 16.6. The fourth-order valence-corrected chi connectivity index (χ4v) is 4.45. The lowest BCUT2D eigenvalue weighted by atomic mass is 10.0. The molecule has 1 aromatic carbocycles. The molecular formula is C29H47ClNO. The topological polar surface area (TPSA) is 33.0 Å². The van der Waals surface area contributed by atoms with E-state index in [9.17, 15) is 0 Å². The zero-order valence-electron chi connectivity index (χ0n) is 20.7. The van der Waals surface area contributed by atoms with Gasteiger partial charge in [0.15, 0.2) is 0 Å². The zero-order valence-corrected chi connectivity index (χ0v) is 21.4. The minimum atomic E-state index is -0.00384. The highest BCUT2D eigenvalue weighted by Crippen LogP contribution is 2.18. The maximum Gasteiger partial charge on any atom is 0.0992 e. The van der Waals surface area contributed by atoms with Crippen LogP contribution in [0, 0.1) is 18.3 Å². The Labute approximate surface area is 204 Å². The molecule has 2 nitrogen and oxygen atoms in total. The van der Waals surface area contributed by atoms with Crippen molar-refractivity contribution in [3.8, 4) is 6.07 Å². The fourth-order valence-electron chi connectivity index (χ4n) is 4.19. The summed E-state index contributed by atoms with van der Waals surface area (Å²) in [5, 5.41) is 9.60. The monoisotopic (exact) mass is 460 g/mol. The molecule has 1 radical (unpaired) electrons. The van der Waals surface area contributed by atoms with E-state index in [-0.39, 0.29) is 6.10 Å². The van der Waals surface area contributed by atoms with E-state index in [2.05, 4.69) is 19.9 Å². The molecule has 0 aliphatic rings. The quantitative estimate of drug-likeness (QED) is 0.171. The van der Waals surface area contributed by atoms with E-state index in [1.807, 2.05) is 12.1 Å². The number of unbranched alkanes of at least 4 members (excludes halogenated alkanes) is 16. The van der Waals surface area contributed by atoms with Crippen LogP contribution in [0.4, 0.5) is 0 Å². The zero-order chi connectivity index (χ0) is 23.3. The van der Waals surface area contributed by atoms with Crippen molar-refractivity contribution in [2.24, 2.45) is 0 Å². The molecule has 0 spiro atoms. The van der Waals surface area contributed by atoms with Crippen LogP contribution in [0.15, 0.2) is 18.2 Å². The number of hydrogen-bond acceptors (Lipinski definition) is 2. The van der Waals surface area contributed by atoms with Crippen molar-refractivity contribution >= 4 is 11.6 Å². The second-order valence-electron chi connectivity index (χ2n) is 9.34. The Bertz CT molecular complexity index is 610. The van der Waals surface area contributed by atoms with Gasteiger partial charge in [0.2, 0.25) is 0 Å². The van der Waals surface area contributed by atoms with Gasteiger partial charge in [-0.05, 0) is 37.1 Å². The highest BCUT2D eigenvalue weighted by molar-refractivity contribution is 6.30. The molecule has 1 atom stereocenters. The molecule has 0 amide bonds. The molecule has 181 valence electrons. The highest BCUT2D eigenvalue weighted by atomic mass is 35.5. The van der Waals surface area contributed by atoms with E-state index in [0.717, 1.165) is 12.0 Å². The average Bonchev–Trinajstić information content (AvgIpc) is 2.79. The molecule has 0 aromatic heterocycles. The second-order valence-corrected chi connectivity index (χ2v) is 9.77. The Morgan fingerprint density at radius 3 is 1.72 bits per heavy atom. The Morgan fingerprint density at radius 1 is 0.781 bits per heavy atom. The van der Waals surface area contributed by atoms with Gasteiger partial charge in [-0.15, -0.1) is 0 Å². The third-order valence-electron chi connectivity index (χ3n) is 6.20. The Morgan fingerprint density at radius 2 is 1.25 bits per heavy atom. The van der Waals surface area contributed by atoms with Gasteiger partial charge in [-0.1, -0.05) is 128 Å². The van der Waals surface area contributed by atoms with Gasteiger partial charge in [0, 0.05) is 5.02 Å². The second kappa shape index (κ2) is 20.6. The molecule has 0 heterocycles. The van der Waals surface area contributed by atoms with Gasteiger partial charge in [-0.2, -0.15) is 5.26 Å². The van der Waals surface area contributed by atoms with Crippen molar-refractivity contribution in [2.45, 2.75) is 135 Å². The van der Waals surface area contributed by atoms with Gasteiger partial charge < -0.3 is 4.74 Å². The van der Waals surface area contributed by atoms with E-state index in [4.69, 9.17) is 21.6 Å². The number of hydrogen-bond donors (Lipinski definition) is 0. The first kappa shape index (κ1) is 29.0. The molecule has 0 saturated heterocycles. The van der Waals surface area contributed by atoms with Crippen LogP contribution in [0.2, 0.25) is 5.02 Å². The maximum atomic E-state index is 9.02. The van der Waals surface area contributed by atoms with Crippen LogP contribution in [0.25, 0.3) is 0 Å². The third-order valence-corrected chi connectivity index (χ3v) is 6.42. The van der Waals surface area contributed by atoms with Gasteiger partial charge in [-0.3, -0.25) is 0 Å². The predicted octanol–water partition coefficient (Wildman–Crippen LogP) is 9.97. The van der Waals surface area contributed by atoms with Crippen LogP contribution in [0.1, 0.15) is 134 Å². The Kier molecular flexibility index (Phi) is 18.6. The molecule has 0 bridgehead atoms. The maximum absolute atomic E-state index is 9.02. The number of halogens is 1. The lowest BCUT2D eigenvalue weighted by Gasteiger charge is -2.13. The predicted molar refractivity (Wildman–Crippen MR) is 139 cm³/mol. The first-order valence-corrected chi connectivity index (χ1v) is 13.7. The van der Waals surface area contributed by atoms with Crippen molar-refractivity contribution in [2.75, 3.05) is 0 Å². The van der Waals surface area contributed by atoms with Gasteiger partial charge in [0.1, 0.15) is 0 Å². The summed E-state index contributed by atoms with van der Waals surface area (Å²) >= 11 is 6.04. The van der Waals surface area contributed by atoms with Crippen LogP contribution in [-0.2, 0) is 11.3 Å². The van der Waals surface area contributed by atoms with E-state index in [1.165, 1.54) is 109 Å². The van der Waals surface area contributed by atoms with Crippen LogP contribution >= 0.6 is 11.6 Å². The van der Waals surface area contributed by atoms with Crippen LogP contribution in [0.3, 0.4) is 0 Å². The van der Waals surface area contributed by atoms with Gasteiger partial charge in [-0.25, -0.2) is 0 Å². The van der Waals surface area contributed by atoms with E-state index >= 15 is 0 Å². The normalized spacial score (nSPS) is 12.1. The number of rotatable bonds is 21. The molecule has 0 fully saturated rings. The first-order valence-electron chi connectivity index (χ1n) is 13.3. The summed E-state index contributed by atoms with van der Waals surface area (Å²) in [5.74, 6) is 0. The van der Waals surface area contributed by atoms with Gasteiger partial charge in [0.25, 0.3) is 0 Å². The van der Waals surface area contributed by atoms with E-state index < -0.39 is 0 Å². The van der Waals surface area contributed by atoms with Gasteiger partial charge >= 0.3 is 0 Å². The van der Waals surface area contributed by atoms with Crippen LogP contribution in [-0.4, -0.2) is 6.10 Å². The lowest BCUT2D eigenvalue weighted by molar-refractivity contribution is 0.0628. The summed E-state index contributed by atoms with van der Waals surface area (Å²) in [7, 11) is 0.